The molecule has 0 unspecified atom stereocenters. The molecule has 0 aliphatic carbocycles. The number of nitrogens with two attached hydrogens (primary N) is 1. The first-order valence-corrected chi connectivity index (χ1v) is 9.52. The van der Waals surface area contributed by atoms with Gasteiger partial charge in [0.05, 0.1) is 18.1 Å². The highest BCUT2D eigenvalue weighted by atomic mass is 32.2. The molecule has 2 aromatic heterocycles. The minimum Gasteiger partial charge on any atom is -0.383 e. The number of amides is 1. The van der Waals surface area contributed by atoms with Gasteiger partial charge in [0, 0.05) is 48.0 Å². The van der Waals surface area contributed by atoms with Gasteiger partial charge in [-0.1, -0.05) is 17.8 Å². The number of ether oxygens (including phenoxy) is 1. The second-order valence-corrected chi connectivity index (χ2v) is 6.88. The first-order valence-electron chi connectivity index (χ1n) is 8.53. The third kappa shape index (κ3) is 4.76. The lowest BCUT2D eigenvalue weighted by atomic mass is 10.1. The molecule has 2 N–H and O–H groups in total. The molecule has 29 heavy (non-hydrogen) atoms. The molecular weight excluding hydrogens is 396 g/mol. The fourth-order valence-electron chi connectivity index (χ4n) is 2.65. The van der Waals surface area contributed by atoms with Gasteiger partial charge in [-0.2, -0.15) is 0 Å². The van der Waals surface area contributed by atoms with Gasteiger partial charge in [0.1, 0.15) is 0 Å². The summed E-state index contributed by atoms with van der Waals surface area (Å²) in [6.07, 6.45) is 3.34. The number of benzene rings is 1. The number of aromatic nitrogens is 4. The monoisotopic (exact) mass is 414 g/mol. The van der Waals surface area contributed by atoms with E-state index in [-0.39, 0.29) is 17.0 Å². The van der Waals surface area contributed by atoms with Crippen molar-refractivity contribution in [2.45, 2.75) is 17.5 Å². The number of nitro benzene ring substituents is 1. The second-order valence-electron chi connectivity index (χ2n) is 5.94. The van der Waals surface area contributed by atoms with Gasteiger partial charge in [0.15, 0.2) is 11.0 Å². The van der Waals surface area contributed by atoms with Crippen LogP contribution in [0.15, 0.2) is 47.9 Å². The number of hydrogen-bond donors (Lipinski definition) is 1. The molecule has 0 radical (unpaired) electrons. The van der Waals surface area contributed by atoms with Crippen molar-refractivity contribution < 1.29 is 14.5 Å². The zero-order valence-corrected chi connectivity index (χ0v) is 16.3. The van der Waals surface area contributed by atoms with E-state index in [1.54, 1.807) is 19.5 Å². The van der Waals surface area contributed by atoms with Crippen LogP contribution in [0.2, 0.25) is 0 Å². The number of carbonyl (C=O) groups is 1. The third-order valence-electron chi connectivity index (χ3n) is 4.10. The number of carbonyl (C=O) groups excluding carboxylic acids is 1. The number of primary amides is 1. The van der Waals surface area contributed by atoms with Crippen molar-refractivity contribution in [3.8, 4) is 11.4 Å². The molecule has 3 aromatic rings. The summed E-state index contributed by atoms with van der Waals surface area (Å²) < 4.78 is 7.07. The summed E-state index contributed by atoms with van der Waals surface area (Å²) in [5, 5.41) is 20.5. The van der Waals surface area contributed by atoms with Gasteiger partial charge >= 0.3 is 0 Å². The zero-order valence-electron chi connectivity index (χ0n) is 15.5. The second kappa shape index (κ2) is 9.26. The van der Waals surface area contributed by atoms with Gasteiger partial charge in [0.25, 0.3) is 5.69 Å². The zero-order chi connectivity index (χ0) is 20.8. The van der Waals surface area contributed by atoms with Gasteiger partial charge < -0.3 is 10.5 Å². The predicted molar refractivity (Wildman–Crippen MR) is 106 cm³/mol. The highest BCUT2D eigenvalue weighted by Gasteiger charge is 2.19. The molecule has 11 heteroatoms. The van der Waals surface area contributed by atoms with E-state index in [9.17, 15) is 14.9 Å². The van der Waals surface area contributed by atoms with Crippen molar-refractivity contribution in [3.05, 3.63) is 64.0 Å². The van der Waals surface area contributed by atoms with E-state index in [1.165, 1.54) is 30.0 Å². The molecule has 0 bridgehead atoms. The Morgan fingerprint density at radius 3 is 2.69 bits per heavy atom. The summed E-state index contributed by atoms with van der Waals surface area (Å²) in [6, 6.07) is 7.86. The Morgan fingerprint density at radius 2 is 2.03 bits per heavy atom. The summed E-state index contributed by atoms with van der Waals surface area (Å²) in [5.41, 5.74) is 6.46. The molecule has 0 saturated heterocycles. The highest BCUT2D eigenvalue weighted by Crippen LogP contribution is 2.30. The van der Waals surface area contributed by atoms with Gasteiger partial charge in [-0.15, -0.1) is 10.2 Å². The molecule has 150 valence electrons. The number of rotatable bonds is 9. The molecule has 0 aliphatic heterocycles. The molecule has 1 aromatic carbocycles. The van der Waals surface area contributed by atoms with Gasteiger partial charge in [-0.3, -0.25) is 24.5 Å². The third-order valence-corrected chi connectivity index (χ3v) is 5.11. The fraction of sp³-hybridized carbons (Fsp3) is 0.222. The predicted octanol–water partition coefficient (Wildman–Crippen LogP) is 2.29. The molecule has 10 nitrogen and oxygen atoms in total. The first kappa shape index (κ1) is 20.4. The lowest BCUT2D eigenvalue weighted by molar-refractivity contribution is -0.385. The number of nitro groups is 1. The Hall–Kier alpha value is -3.31. The van der Waals surface area contributed by atoms with E-state index in [0.717, 1.165) is 5.56 Å². The van der Waals surface area contributed by atoms with Crippen molar-refractivity contribution in [3.63, 3.8) is 0 Å². The summed E-state index contributed by atoms with van der Waals surface area (Å²) in [6.45, 7) is 0.976. The molecular formula is C18H18N6O4S. The van der Waals surface area contributed by atoms with Crippen molar-refractivity contribution >= 4 is 23.4 Å². The van der Waals surface area contributed by atoms with Crippen molar-refractivity contribution in [1.82, 2.24) is 19.7 Å². The number of nitrogens with zero attached hydrogens (tertiary/aromatic N) is 5. The van der Waals surface area contributed by atoms with E-state index < -0.39 is 10.8 Å². The van der Waals surface area contributed by atoms with E-state index in [0.29, 0.717) is 29.7 Å². The van der Waals surface area contributed by atoms with E-state index in [2.05, 4.69) is 15.2 Å². The van der Waals surface area contributed by atoms with Crippen LogP contribution in [0.1, 0.15) is 15.9 Å². The van der Waals surface area contributed by atoms with E-state index in [1.807, 2.05) is 16.7 Å². The molecule has 1 amide bonds. The number of thioether (sulfide) groups is 1. The van der Waals surface area contributed by atoms with Crippen LogP contribution in [0.5, 0.6) is 0 Å². The summed E-state index contributed by atoms with van der Waals surface area (Å²) in [5.74, 6) is 0.218. The van der Waals surface area contributed by atoms with Gasteiger partial charge in [-0.25, -0.2) is 0 Å². The van der Waals surface area contributed by atoms with Crippen LogP contribution < -0.4 is 5.73 Å². The SMILES string of the molecule is COCCn1c(SCc2ccc(C(N)=O)cc2[N+](=O)[O-])nnc1-c1ccncc1. The minimum absolute atomic E-state index is 0.0914. The summed E-state index contributed by atoms with van der Waals surface area (Å²) in [7, 11) is 1.60. The van der Waals surface area contributed by atoms with Crippen LogP contribution in [0.25, 0.3) is 11.4 Å². The van der Waals surface area contributed by atoms with E-state index >= 15 is 0 Å². The number of pyridine rings is 1. The Balaban J connectivity index is 1.88. The average molecular weight is 414 g/mol. The van der Waals surface area contributed by atoms with Crippen LogP contribution in [-0.2, 0) is 17.0 Å². The van der Waals surface area contributed by atoms with Crippen LogP contribution in [-0.4, -0.2) is 44.3 Å². The standard InChI is InChI=1S/C18H18N6O4S/c1-28-9-8-23-17(12-4-6-20-7-5-12)21-22-18(23)29-11-14-3-2-13(16(19)25)10-15(14)24(26)27/h2-7,10H,8-9,11H2,1H3,(H2,19,25). The lowest BCUT2D eigenvalue weighted by Gasteiger charge is -2.10. The molecule has 0 spiro atoms. The quantitative estimate of drug-likeness (QED) is 0.320. The highest BCUT2D eigenvalue weighted by molar-refractivity contribution is 7.98. The Bertz CT molecular complexity index is 1020. The average Bonchev–Trinajstić information content (AvgIpc) is 3.13. The molecule has 2 heterocycles. The fourth-order valence-corrected chi connectivity index (χ4v) is 3.61. The minimum atomic E-state index is -0.714. The van der Waals surface area contributed by atoms with Gasteiger partial charge in [-0.05, 0) is 18.2 Å². The van der Waals surface area contributed by atoms with E-state index in [4.69, 9.17) is 10.5 Å². The molecule has 0 aliphatic rings. The number of methoxy groups -OCH3 is 1. The maximum atomic E-state index is 11.4. The first-order chi connectivity index (χ1) is 14.0. The Morgan fingerprint density at radius 1 is 1.28 bits per heavy atom. The maximum absolute atomic E-state index is 11.4. The Kier molecular flexibility index (Phi) is 6.52. The molecule has 0 fully saturated rings. The maximum Gasteiger partial charge on any atom is 0.274 e. The van der Waals surface area contributed by atoms with Gasteiger partial charge in [0.2, 0.25) is 5.91 Å². The number of hydrogen-bond acceptors (Lipinski definition) is 8. The Labute approximate surface area is 170 Å². The summed E-state index contributed by atoms with van der Waals surface area (Å²) >= 11 is 1.31. The van der Waals surface area contributed by atoms with Crippen molar-refractivity contribution in [2.75, 3.05) is 13.7 Å². The van der Waals surface area contributed by atoms with Crippen LogP contribution in [0.3, 0.4) is 0 Å². The topological polar surface area (TPSA) is 139 Å². The van der Waals surface area contributed by atoms with Crippen LogP contribution in [0.4, 0.5) is 5.69 Å². The van der Waals surface area contributed by atoms with Crippen LogP contribution >= 0.6 is 11.8 Å². The van der Waals surface area contributed by atoms with Crippen LogP contribution in [0, 0.1) is 10.1 Å². The molecule has 0 saturated carbocycles. The largest absolute Gasteiger partial charge is 0.383 e. The van der Waals surface area contributed by atoms with Crippen molar-refractivity contribution in [2.24, 2.45) is 5.73 Å². The molecule has 3 rings (SSSR count). The lowest BCUT2D eigenvalue weighted by Crippen LogP contribution is -2.11. The van der Waals surface area contributed by atoms with Crippen molar-refractivity contribution in [1.29, 1.82) is 0 Å². The summed E-state index contributed by atoms with van der Waals surface area (Å²) in [4.78, 5) is 26.2. The smallest absolute Gasteiger partial charge is 0.274 e. The normalized spacial score (nSPS) is 10.8. The molecule has 0 atom stereocenters.